The van der Waals surface area contributed by atoms with Gasteiger partial charge < -0.3 is 4.74 Å². The number of aromatic nitrogens is 3. The Morgan fingerprint density at radius 1 is 0.913 bits per heavy atom. The molecule has 0 saturated carbocycles. The molecule has 0 amide bonds. The summed E-state index contributed by atoms with van der Waals surface area (Å²) in [5.74, 6) is 1.04. The molecule has 3 rings (SSSR count). The van der Waals surface area contributed by atoms with Crippen molar-refractivity contribution in [3.63, 3.8) is 0 Å². The van der Waals surface area contributed by atoms with Gasteiger partial charge in [0.25, 0.3) is 0 Å². The van der Waals surface area contributed by atoms with Crippen LogP contribution in [-0.4, -0.2) is 21.8 Å². The van der Waals surface area contributed by atoms with E-state index in [9.17, 15) is 0 Å². The topological polar surface area (TPSA) is 47.9 Å². The van der Waals surface area contributed by atoms with Gasteiger partial charge in [0.15, 0.2) is 11.5 Å². The summed E-state index contributed by atoms with van der Waals surface area (Å²) >= 11 is 5.94. The Hall–Kier alpha value is -2.46. The first kappa shape index (κ1) is 15.4. The summed E-state index contributed by atoms with van der Waals surface area (Å²) in [7, 11) is 0. The van der Waals surface area contributed by atoms with E-state index in [0.717, 1.165) is 17.5 Å². The summed E-state index contributed by atoms with van der Waals surface area (Å²) in [6.45, 7) is 2.63. The van der Waals surface area contributed by atoms with E-state index in [-0.39, 0.29) is 0 Å². The van der Waals surface area contributed by atoms with Gasteiger partial charge in [-0.1, -0.05) is 61.0 Å². The molecule has 3 aromatic rings. The predicted octanol–water partition coefficient (Wildman–Crippen LogP) is 4.65. The molecule has 0 spiro atoms. The van der Waals surface area contributed by atoms with Gasteiger partial charge in [-0.25, -0.2) is 0 Å². The zero-order valence-electron chi connectivity index (χ0n) is 12.7. The van der Waals surface area contributed by atoms with Crippen molar-refractivity contribution in [2.75, 3.05) is 6.61 Å². The fraction of sp³-hybridized carbons (Fsp3) is 0.167. The van der Waals surface area contributed by atoms with Crippen LogP contribution in [0.15, 0.2) is 54.6 Å². The summed E-state index contributed by atoms with van der Waals surface area (Å²) in [6.07, 6.45) is 0.894. The van der Waals surface area contributed by atoms with E-state index in [2.05, 4.69) is 22.1 Å². The molecule has 0 atom stereocenters. The standard InChI is InChI=1S/C18H16ClN3O/c1-2-12-23-18-16(13-8-10-15(19)11-9-13)21-22-17(20-18)14-6-4-3-5-7-14/h3-11H,2,12H2,1H3. The first-order valence-electron chi connectivity index (χ1n) is 7.47. The maximum Gasteiger partial charge on any atom is 0.244 e. The minimum absolute atomic E-state index is 0.489. The fourth-order valence-electron chi connectivity index (χ4n) is 2.11. The molecule has 1 aromatic heterocycles. The average molecular weight is 326 g/mol. The molecular formula is C18H16ClN3O. The number of nitrogens with zero attached hydrogens (tertiary/aromatic N) is 3. The highest BCUT2D eigenvalue weighted by molar-refractivity contribution is 6.30. The van der Waals surface area contributed by atoms with Crippen LogP contribution in [0.25, 0.3) is 22.6 Å². The number of halogens is 1. The third-order valence-corrected chi connectivity index (χ3v) is 3.50. The number of rotatable bonds is 5. The average Bonchev–Trinajstić information content (AvgIpc) is 2.61. The van der Waals surface area contributed by atoms with E-state index in [1.165, 1.54) is 0 Å². The molecule has 0 bridgehead atoms. The highest BCUT2D eigenvalue weighted by atomic mass is 35.5. The lowest BCUT2D eigenvalue weighted by Crippen LogP contribution is -2.04. The monoisotopic (exact) mass is 325 g/mol. The van der Waals surface area contributed by atoms with Gasteiger partial charge in [0, 0.05) is 16.1 Å². The maximum atomic E-state index is 5.94. The van der Waals surface area contributed by atoms with E-state index in [0.29, 0.717) is 29.0 Å². The van der Waals surface area contributed by atoms with Crippen LogP contribution in [0.2, 0.25) is 5.02 Å². The van der Waals surface area contributed by atoms with Crippen molar-refractivity contribution in [1.29, 1.82) is 0 Å². The predicted molar refractivity (Wildman–Crippen MR) is 91.5 cm³/mol. The Labute approximate surface area is 140 Å². The zero-order valence-corrected chi connectivity index (χ0v) is 13.5. The summed E-state index contributed by atoms with van der Waals surface area (Å²) in [5.41, 5.74) is 2.40. The van der Waals surface area contributed by atoms with E-state index in [1.54, 1.807) is 0 Å². The third kappa shape index (κ3) is 3.66. The lowest BCUT2D eigenvalue weighted by Gasteiger charge is -2.10. The minimum atomic E-state index is 0.489. The lowest BCUT2D eigenvalue weighted by atomic mass is 10.1. The number of benzene rings is 2. The Bertz CT molecular complexity index is 776. The molecule has 0 aliphatic rings. The largest absolute Gasteiger partial charge is 0.476 e. The second-order valence-corrected chi connectivity index (χ2v) is 5.45. The van der Waals surface area contributed by atoms with Crippen LogP contribution < -0.4 is 4.74 Å². The highest BCUT2D eigenvalue weighted by Crippen LogP contribution is 2.28. The van der Waals surface area contributed by atoms with E-state index in [1.807, 2.05) is 54.6 Å². The number of hydrogen-bond donors (Lipinski definition) is 0. The fourth-order valence-corrected chi connectivity index (χ4v) is 2.24. The lowest BCUT2D eigenvalue weighted by molar-refractivity contribution is 0.305. The summed E-state index contributed by atoms with van der Waals surface area (Å²) in [6, 6.07) is 17.1. The van der Waals surface area contributed by atoms with Crippen LogP contribution in [-0.2, 0) is 0 Å². The Balaban J connectivity index is 2.03. The van der Waals surface area contributed by atoms with Crippen LogP contribution in [0.4, 0.5) is 0 Å². The summed E-state index contributed by atoms with van der Waals surface area (Å²) in [4.78, 5) is 4.55. The van der Waals surface area contributed by atoms with Gasteiger partial charge in [-0.2, -0.15) is 4.98 Å². The van der Waals surface area contributed by atoms with E-state index in [4.69, 9.17) is 16.3 Å². The maximum absolute atomic E-state index is 5.94. The molecule has 0 saturated heterocycles. The third-order valence-electron chi connectivity index (χ3n) is 3.25. The number of ether oxygens (including phenoxy) is 1. The van der Waals surface area contributed by atoms with Gasteiger partial charge in [0.2, 0.25) is 5.88 Å². The van der Waals surface area contributed by atoms with E-state index >= 15 is 0 Å². The summed E-state index contributed by atoms with van der Waals surface area (Å²) < 4.78 is 5.79. The minimum Gasteiger partial charge on any atom is -0.476 e. The van der Waals surface area contributed by atoms with Gasteiger partial charge in [0.05, 0.1) is 6.61 Å². The molecule has 23 heavy (non-hydrogen) atoms. The molecule has 0 aliphatic carbocycles. The van der Waals surface area contributed by atoms with Crippen molar-refractivity contribution in [2.24, 2.45) is 0 Å². The van der Waals surface area contributed by atoms with Crippen LogP contribution in [0.1, 0.15) is 13.3 Å². The van der Waals surface area contributed by atoms with Gasteiger partial charge in [-0.15, -0.1) is 10.2 Å². The Morgan fingerprint density at radius 3 is 2.35 bits per heavy atom. The molecule has 1 heterocycles. The molecule has 0 N–H and O–H groups in total. The number of hydrogen-bond acceptors (Lipinski definition) is 4. The van der Waals surface area contributed by atoms with Crippen molar-refractivity contribution in [1.82, 2.24) is 15.2 Å². The molecule has 2 aromatic carbocycles. The zero-order chi connectivity index (χ0) is 16.1. The van der Waals surface area contributed by atoms with E-state index < -0.39 is 0 Å². The molecule has 0 radical (unpaired) electrons. The molecule has 0 aliphatic heterocycles. The second kappa shape index (κ2) is 7.20. The molecular weight excluding hydrogens is 310 g/mol. The first-order valence-corrected chi connectivity index (χ1v) is 7.84. The molecule has 4 nitrogen and oxygen atoms in total. The SMILES string of the molecule is CCCOc1nc(-c2ccccc2)nnc1-c1ccc(Cl)cc1. The Kier molecular flexibility index (Phi) is 4.83. The van der Waals surface area contributed by atoms with Crippen molar-refractivity contribution in [3.8, 4) is 28.5 Å². The smallest absolute Gasteiger partial charge is 0.244 e. The van der Waals surface area contributed by atoms with Crippen molar-refractivity contribution >= 4 is 11.6 Å². The van der Waals surface area contributed by atoms with Crippen LogP contribution in [0.5, 0.6) is 5.88 Å². The van der Waals surface area contributed by atoms with Crippen molar-refractivity contribution in [3.05, 3.63) is 59.6 Å². The van der Waals surface area contributed by atoms with Gasteiger partial charge in [-0.05, 0) is 18.6 Å². The van der Waals surface area contributed by atoms with Crippen molar-refractivity contribution < 1.29 is 4.74 Å². The van der Waals surface area contributed by atoms with Crippen LogP contribution >= 0.6 is 11.6 Å². The molecule has 116 valence electrons. The van der Waals surface area contributed by atoms with Crippen LogP contribution in [0.3, 0.4) is 0 Å². The van der Waals surface area contributed by atoms with Gasteiger partial charge in [-0.3, -0.25) is 0 Å². The molecule has 0 unspecified atom stereocenters. The first-order chi connectivity index (χ1) is 11.3. The summed E-state index contributed by atoms with van der Waals surface area (Å²) in [5, 5.41) is 9.24. The molecule has 0 fully saturated rings. The van der Waals surface area contributed by atoms with Crippen LogP contribution in [0, 0.1) is 0 Å². The van der Waals surface area contributed by atoms with Crippen molar-refractivity contribution in [2.45, 2.75) is 13.3 Å². The normalized spacial score (nSPS) is 10.5. The second-order valence-electron chi connectivity index (χ2n) is 5.01. The highest BCUT2D eigenvalue weighted by Gasteiger charge is 2.13. The quantitative estimate of drug-likeness (QED) is 0.685. The van der Waals surface area contributed by atoms with Gasteiger partial charge in [0.1, 0.15) is 0 Å². The Morgan fingerprint density at radius 2 is 1.65 bits per heavy atom. The molecule has 5 heteroatoms. The van der Waals surface area contributed by atoms with Gasteiger partial charge >= 0.3 is 0 Å².